The average Bonchev–Trinajstić information content (AvgIpc) is 3.19. The van der Waals surface area contributed by atoms with Gasteiger partial charge in [0.15, 0.2) is 0 Å². The van der Waals surface area contributed by atoms with Crippen molar-refractivity contribution in [1.82, 2.24) is 10.2 Å². The van der Waals surface area contributed by atoms with Gasteiger partial charge in [0.1, 0.15) is 18.8 Å². The number of unbranched alkanes of at least 4 members (excludes halogenated alkanes) is 3. The first-order valence-corrected chi connectivity index (χ1v) is 11.5. The van der Waals surface area contributed by atoms with Gasteiger partial charge in [0.2, 0.25) is 17.8 Å². The number of hydrogen-bond acceptors (Lipinski definition) is 6. The van der Waals surface area contributed by atoms with Crippen molar-refractivity contribution in [1.29, 1.82) is 0 Å². The second-order valence-electron chi connectivity index (χ2n) is 8.32. The fraction of sp³-hybridized carbons (Fsp3) is 0.360. The Kier molecular flexibility index (Phi) is 7.41. The van der Waals surface area contributed by atoms with Crippen molar-refractivity contribution in [3.8, 4) is 5.75 Å². The number of amides is 2. The number of hydrogen-bond donors (Lipinski definition) is 2. The first-order valence-electron chi connectivity index (χ1n) is 11.5. The molecule has 0 bridgehead atoms. The summed E-state index contributed by atoms with van der Waals surface area (Å²) in [7, 11) is 0. The standard InChI is InChI=1S/C25H28N4O5/c30-22-16-28-15-19-20(26-25(28)27-22)11-8-12-21(19)34-14-7-2-1-6-13-23(31)29(17-24(32)33)18-9-4-3-5-10-18/h3-5,8-12H,1-2,6-7,13-17H2,(H,32,33)(H,26,27,30). The van der Waals surface area contributed by atoms with Gasteiger partial charge in [-0.05, 0) is 37.1 Å². The molecule has 2 aliphatic rings. The summed E-state index contributed by atoms with van der Waals surface area (Å²) in [5, 5.41) is 11.9. The number of fused-ring (bicyclic) bond motifs is 2. The van der Waals surface area contributed by atoms with Crippen molar-refractivity contribution in [3.63, 3.8) is 0 Å². The number of ether oxygens (including phenoxy) is 1. The van der Waals surface area contributed by atoms with Crippen molar-refractivity contribution in [2.45, 2.75) is 38.6 Å². The van der Waals surface area contributed by atoms with Crippen LogP contribution >= 0.6 is 0 Å². The van der Waals surface area contributed by atoms with E-state index in [0.717, 1.165) is 36.3 Å². The smallest absolute Gasteiger partial charge is 0.323 e. The summed E-state index contributed by atoms with van der Waals surface area (Å²) in [6.45, 7) is 1.09. The van der Waals surface area contributed by atoms with Crippen LogP contribution in [-0.2, 0) is 20.9 Å². The number of nitrogens with one attached hydrogen (secondary N) is 1. The van der Waals surface area contributed by atoms with Crippen LogP contribution in [0.2, 0.25) is 0 Å². The van der Waals surface area contributed by atoms with Crippen LogP contribution in [0.15, 0.2) is 53.5 Å². The summed E-state index contributed by atoms with van der Waals surface area (Å²) >= 11 is 0. The van der Waals surface area contributed by atoms with Gasteiger partial charge in [0.25, 0.3) is 0 Å². The Hall–Kier alpha value is -3.88. The van der Waals surface area contributed by atoms with Crippen molar-refractivity contribution >= 4 is 35.1 Å². The molecule has 9 heteroatoms. The molecule has 2 aromatic rings. The minimum atomic E-state index is -1.04. The Morgan fingerprint density at radius 2 is 1.82 bits per heavy atom. The number of aliphatic carboxylic acids is 1. The van der Waals surface area contributed by atoms with Gasteiger partial charge in [-0.25, -0.2) is 4.99 Å². The highest BCUT2D eigenvalue weighted by Gasteiger charge is 2.30. The van der Waals surface area contributed by atoms with Crippen LogP contribution in [0.25, 0.3) is 0 Å². The molecule has 2 heterocycles. The second kappa shape index (κ2) is 10.8. The zero-order valence-electron chi connectivity index (χ0n) is 18.9. The third-order valence-corrected chi connectivity index (χ3v) is 5.77. The van der Waals surface area contributed by atoms with Gasteiger partial charge in [-0.2, -0.15) is 0 Å². The van der Waals surface area contributed by atoms with Crippen LogP contribution < -0.4 is 15.0 Å². The van der Waals surface area contributed by atoms with Crippen molar-refractivity contribution in [3.05, 3.63) is 54.1 Å². The molecule has 0 radical (unpaired) electrons. The number of carbonyl (C=O) groups excluding carboxylic acids is 2. The maximum absolute atomic E-state index is 12.6. The first-order chi connectivity index (χ1) is 16.5. The van der Waals surface area contributed by atoms with Crippen molar-refractivity contribution in [2.75, 3.05) is 24.6 Å². The van der Waals surface area contributed by atoms with E-state index in [4.69, 9.17) is 9.84 Å². The molecular weight excluding hydrogens is 436 g/mol. The Bertz CT molecular complexity index is 1090. The zero-order valence-corrected chi connectivity index (χ0v) is 18.9. The third-order valence-electron chi connectivity index (χ3n) is 5.77. The minimum absolute atomic E-state index is 0.0534. The Labute approximate surface area is 198 Å². The van der Waals surface area contributed by atoms with Crippen molar-refractivity contribution in [2.24, 2.45) is 4.99 Å². The minimum Gasteiger partial charge on any atom is -0.493 e. The van der Waals surface area contributed by atoms with Gasteiger partial charge in [0.05, 0.1) is 18.8 Å². The number of anilines is 1. The highest BCUT2D eigenvalue weighted by Crippen LogP contribution is 2.34. The number of aliphatic imine (C=N–C) groups is 1. The lowest BCUT2D eigenvalue weighted by atomic mass is 10.1. The van der Waals surface area contributed by atoms with Gasteiger partial charge in [-0.3, -0.25) is 19.7 Å². The zero-order chi connectivity index (χ0) is 23.9. The molecule has 2 N–H and O–H groups in total. The lowest BCUT2D eigenvalue weighted by Gasteiger charge is -2.24. The van der Waals surface area contributed by atoms with E-state index in [9.17, 15) is 14.4 Å². The number of carboxylic acid groups (broad SMARTS) is 1. The SMILES string of the molecule is O=C(O)CN(C(=O)CCCCCCOc1cccc2c1CN1CC(=O)NC1=N2)c1ccccc1. The largest absolute Gasteiger partial charge is 0.493 e. The van der Waals surface area contributed by atoms with Crippen LogP contribution in [0.5, 0.6) is 5.75 Å². The van der Waals surface area contributed by atoms with Crippen LogP contribution in [-0.4, -0.2) is 53.4 Å². The van der Waals surface area contributed by atoms with E-state index in [1.807, 2.05) is 29.2 Å². The van der Waals surface area contributed by atoms with E-state index in [2.05, 4.69) is 10.3 Å². The number of nitrogens with zero attached hydrogens (tertiary/aromatic N) is 3. The number of para-hydroxylation sites is 1. The molecule has 0 aromatic heterocycles. The topological polar surface area (TPSA) is 112 Å². The number of carboxylic acids is 1. The van der Waals surface area contributed by atoms with Gasteiger partial charge >= 0.3 is 5.97 Å². The molecule has 0 aliphatic carbocycles. The summed E-state index contributed by atoms with van der Waals surface area (Å²) in [6.07, 6.45) is 3.59. The molecule has 0 atom stereocenters. The van der Waals surface area contributed by atoms with Crippen LogP contribution in [0.3, 0.4) is 0 Å². The van der Waals surface area contributed by atoms with Gasteiger partial charge in [0, 0.05) is 17.7 Å². The molecule has 2 amide bonds. The molecule has 9 nitrogen and oxygen atoms in total. The maximum Gasteiger partial charge on any atom is 0.323 e. The quantitative estimate of drug-likeness (QED) is 0.495. The maximum atomic E-state index is 12.6. The van der Waals surface area contributed by atoms with E-state index >= 15 is 0 Å². The summed E-state index contributed by atoms with van der Waals surface area (Å²) in [6, 6.07) is 14.6. The Morgan fingerprint density at radius 3 is 2.62 bits per heavy atom. The molecule has 0 unspecified atom stereocenters. The first kappa shape index (κ1) is 23.3. The van der Waals surface area contributed by atoms with E-state index in [1.165, 1.54) is 4.90 Å². The molecule has 178 valence electrons. The lowest BCUT2D eigenvalue weighted by molar-refractivity contribution is -0.136. The fourth-order valence-corrected chi connectivity index (χ4v) is 4.09. The molecule has 0 saturated carbocycles. The van der Waals surface area contributed by atoms with Gasteiger partial charge in [-0.1, -0.05) is 37.1 Å². The number of guanidine groups is 1. The molecule has 4 rings (SSSR count). The average molecular weight is 465 g/mol. The molecular formula is C25H28N4O5. The molecule has 1 fully saturated rings. The Balaban J connectivity index is 1.19. The molecule has 2 aliphatic heterocycles. The summed E-state index contributed by atoms with van der Waals surface area (Å²) in [4.78, 5) is 43.1. The molecule has 34 heavy (non-hydrogen) atoms. The highest BCUT2D eigenvalue weighted by molar-refractivity contribution is 6.06. The predicted molar refractivity (Wildman–Crippen MR) is 127 cm³/mol. The third kappa shape index (κ3) is 5.72. The van der Waals surface area contributed by atoms with Crippen LogP contribution in [0, 0.1) is 0 Å². The summed E-state index contributed by atoms with van der Waals surface area (Å²) < 4.78 is 6.01. The predicted octanol–water partition coefficient (Wildman–Crippen LogP) is 3.07. The van der Waals surface area contributed by atoms with E-state index in [1.54, 1.807) is 24.3 Å². The van der Waals surface area contributed by atoms with Crippen LogP contribution in [0.4, 0.5) is 11.4 Å². The molecule has 0 spiro atoms. The normalized spacial score (nSPS) is 14.1. The Morgan fingerprint density at radius 1 is 1.03 bits per heavy atom. The summed E-state index contributed by atoms with van der Waals surface area (Å²) in [5.41, 5.74) is 2.39. The number of benzene rings is 2. The van der Waals surface area contributed by atoms with E-state index in [-0.39, 0.29) is 18.4 Å². The number of rotatable bonds is 11. The van der Waals surface area contributed by atoms with Gasteiger partial charge < -0.3 is 19.6 Å². The summed E-state index contributed by atoms with van der Waals surface area (Å²) in [5.74, 6) is 0.102. The van der Waals surface area contributed by atoms with E-state index in [0.29, 0.717) is 44.2 Å². The van der Waals surface area contributed by atoms with Crippen molar-refractivity contribution < 1.29 is 24.2 Å². The lowest BCUT2D eigenvalue weighted by Crippen LogP contribution is -2.35. The van der Waals surface area contributed by atoms with Crippen LogP contribution in [0.1, 0.15) is 37.7 Å². The molecule has 2 aromatic carbocycles. The van der Waals surface area contributed by atoms with E-state index < -0.39 is 5.97 Å². The molecule has 1 saturated heterocycles. The van der Waals surface area contributed by atoms with Gasteiger partial charge in [-0.15, -0.1) is 0 Å². The fourth-order valence-electron chi connectivity index (χ4n) is 4.09. The monoisotopic (exact) mass is 464 g/mol. The highest BCUT2D eigenvalue weighted by atomic mass is 16.5. The second-order valence-corrected chi connectivity index (χ2v) is 8.32. The number of carbonyl (C=O) groups is 3.